The van der Waals surface area contributed by atoms with E-state index >= 15 is 0 Å². The first-order chi connectivity index (χ1) is 20.5. The Balaban J connectivity index is 1.40. The molecule has 0 spiro atoms. The molecule has 214 valence electrons. The summed E-state index contributed by atoms with van der Waals surface area (Å²) < 4.78 is 24.2. The zero-order valence-electron chi connectivity index (χ0n) is 23.6. The number of halogens is 1. The zero-order valence-corrected chi connectivity index (χ0v) is 23.6. The second-order valence-electron chi connectivity index (χ2n) is 10.4. The Kier molecular flexibility index (Phi) is 7.52. The largest absolute Gasteiger partial charge is 0.497 e. The van der Waals surface area contributed by atoms with Crippen LogP contribution < -0.4 is 19.3 Å². The highest BCUT2D eigenvalue weighted by Crippen LogP contribution is 2.46. The molecule has 4 aromatic carbocycles. The van der Waals surface area contributed by atoms with Crippen molar-refractivity contribution in [3.05, 3.63) is 120 Å². The summed E-state index contributed by atoms with van der Waals surface area (Å²) in [6, 6.07) is 28.2. The third-order valence-electron chi connectivity index (χ3n) is 8.20. The molecule has 0 aliphatic carbocycles. The standard InChI is InChI=1S/C34H32FN3O4/c1-41-27-15-7-23(8-16-27)32-31(34(40)37-21-19-36(20-22-37)25-11-9-24(35)10-12-25)29-5-3-4-6-30(29)33(39)38(32)26-13-17-28(42-2)18-14-26/h3-18,31-32H,19-22H2,1-2H3/t31-,32-/m1/s1. The van der Waals surface area contributed by atoms with Gasteiger partial charge in [-0.3, -0.25) is 14.5 Å². The molecular weight excluding hydrogens is 533 g/mol. The number of carbonyl (C=O) groups is 2. The number of hydrogen-bond donors (Lipinski definition) is 0. The van der Waals surface area contributed by atoms with Crippen LogP contribution in [0.2, 0.25) is 0 Å². The number of rotatable bonds is 6. The van der Waals surface area contributed by atoms with E-state index in [1.807, 2.05) is 71.6 Å². The first-order valence-corrected chi connectivity index (χ1v) is 14.0. The minimum atomic E-state index is -0.633. The van der Waals surface area contributed by atoms with Gasteiger partial charge >= 0.3 is 0 Å². The van der Waals surface area contributed by atoms with Gasteiger partial charge in [0.25, 0.3) is 5.91 Å². The van der Waals surface area contributed by atoms with Gasteiger partial charge in [-0.05, 0) is 77.9 Å². The summed E-state index contributed by atoms with van der Waals surface area (Å²) in [7, 11) is 3.21. The number of ether oxygens (including phenoxy) is 2. The summed E-state index contributed by atoms with van der Waals surface area (Å²) in [4.78, 5) is 34.5. The van der Waals surface area contributed by atoms with Crippen molar-refractivity contribution in [2.75, 3.05) is 50.2 Å². The van der Waals surface area contributed by atoms with Crippen LogP contribution in [0.25, 0.3) is 0 Å². The number of piperazine rings is 1. The van der Waals surface area contributed by atoms with Crippen LogP contribution in [0.5, 0.6) is 11.5 Å². The maximum absolute atomic E-state index is 14.6. The van der Waals surface area contributed by atoms with Crippen LogP contribution in [0, 0.1) is 5.82 Å². The van der Waals surface area contributed by atoms with Gasteiger partial charge in [-0.1, -0.05) is 30.3 Å². The third-order valence-corrected chi connectivity index (χ3v) is 8.20. The maximum Gasteiger partial charge on any atom is 0.259 e. The Hall–Kier alpha value is -4.85. The lowest BCUT2D eigenvalue weighted by molar-refractivity contribution is -0.133. The number of methoxy groups -OCH3 is 2. The molecule has 42 heavy (non-hydrogen) atoms. The minimum absolute atomic E-state index is 0.0342. The molecule has 2 heterocycles. The van der Waals surface area contributed by atoms with Gasteiger partial charge in [-0.2, -0.15) is 0 Å². The SMILES string of the molecule is COc1ccc([C@@H]2[C@H](C(=O)N3CCN(c4ccc(F)cc4)CC3)c3ccccc3C(=O)N2c2ccc(OC)cc2)cc1. The van der Waals surface area contributed by atoms with E-state index in [1.165, 1.54) is 12.1 Å². The normalized spacial score (nSPS) is 18.5. The van der Waals surface area contributed by atoms with Crippen molar-refractivity contribution in [3.8, 4) is 11.5 Å². The van der Waals surface area contributed by atoms with E-state index < -0.39 is 12.0 Å². The summed E-state index contributed by atoms with van der Waals surface area (Å²) in [5, 5.41) is 0. The van der Waals surface area contributed by atoms with Crippen molar-refractivity contribution in [1.82, 2.24) is 4.90 Å². The van der Waals surface area contributed by atoms with Crippen LogP contribution in [0.1, 0.15) is 33.4 Å². The van der Waals surface area contributed by atoms with Crippen LogP contribution in [-0.2, 0) is 4.79 Å². The highest BCUT2D eigenvalue weighted by atomic mass is 19.1. The second kappa shape index (κ2) is 11.6. The highest BCUT2D eigenvalue weighted by molar-refractivity contribution is 6.11. The molecule has 7 nitrogen and oxygen atoms in total. The fourth-order valence-corrected chi connectivity index (χ4v) is 6.00. The maximum atomic E-state index is 14.6. The first kappa shape index (κ1) is 27.3. The quantitative estimate of drug-likeness (QED) is 0.301. The van der Waals surface area contributed by atoms with Crippen molar-refractivity contribution >= 4 is 23.2 Å². The van der Waals surface area contributed by atoms with Crippen molar-refractivity contribution in [2.24, 2.45) is 0 Å². The van der Waals surface area contributed by atoms with E-state index in [0.29, 0.717) is 48.9 Å². The molecule has 2 atom stereocenters. The molecule has 2 amide bonds. The van der Waals surface area contributed by atoms with E-state index in [9.17, 15) is 14.0 Å². The lowest BCUT2D eigenvalue weighted by Crippen LogP contribution is -2.53. The van der Waals surface area contributed by atoms with Crippen LogP contribution in [0.15, 0.2) is 97.1 Å². The van der Waals surface area contributed by atoms with Gasteiger partial charge in [0.1, 0.15) is 17.3 Å². The van der Waals surface area contributed by atoms with Gasteiger partial charge in [0, 0.05) is 43.1 Å². The van der Waals surface area contributed by atoms with Gasteiger partial charge in [0.05, 0.1) is 26.2 Å². The number of anilines is 2. The van der Waals surface area contributed by atoms with Crippen LogP contribution >= 0.6 is 0 Å². The van der Waals surface area contributed by atoms with Crippen LogP contribution in [0.4, 0.5) is 15.8 Å². The predicted molar refractivity (Wildman–Crippen MR) is 160 cm³/mol. The van der Waals surface area contributed by atoms with Gasteiger partial charge in [-0.25, -0.2) is 4.39 Å². The average Bonchev–Trinajstić information content (AvgIpc) is 3.05. The molecule has 0 bridgehead atoms. The number of nitrogens with zero attached hydrogens (tertiary/aromatic N) is 3. The Morgan fingerprint density at radius 2 is 1.31 bits per heavy atom. The van der Waals surface area contributed by atoms with Crippen molar-refractivity contribution in [1.29, 1.82) is 0 Å². The molecule has 1 fully saturated rings. The molecule has 2 aliphatic heterocycles. The average molecular weight is 566 g/mol. The van der Waals surface area contributed by atoms with Gasteiger partial charge in [0.2, 0.25) is 5.91 Å². The molecule has 0 radical (unpaired) electrons. The highest BCUT2D eigenvalue weighted by Gasteiger charge is 2.46. The fraction of sp³-hybridized carbons (Fsp3) is 0.235. The monoisotopic (exact) mass is 565 g/mol. The molecule has 6 rings (SSSR count). The molecule has 0 aromatic heterocycles. The smallest absolute Gasteiger partial charge is 0.259 e. The zero-order chi connectivity index (χ0) is 29.2. The fourth-order valence-electron chi connectivity index (χ4n) is 6.00. The van der Waals surface area contributed by atoms with Crippen LogP contribution in [0.3, 0.4) is 0 Å². The number of carbonyl (C=O) groups excluding carboxylic acids is 2. The van der Waals surface area contributed by atoms with Crippen molar-refractivity contribution in [2.45, 2.75) is 12.0 Å². The summed E-state index contributed by atoms with van der Waals surface area (Å²) in [5.41, 5.74) is 3.67. The number of amides is 2. The number of fused-ring (bicyclic) bond motifs is 1. The molecule has 0 N–H and O–H groups in total. The summed E-state index contributed by atoms with van der Waals surface area (Å²) in [5.74, 6) is 0.263. The van der Waals surface area contributed by atoms with E-state index in [0.717, 1.165) is 16.8 Å². The summed E-state index contributed by atoms with van der Waals surface area (Å²) >= 11 is 0. The van der Waals surface area contributed by atoms with Gasteiger partial charge in [0.15, 0.2) is 0 Å². The van der Waals surface area contributed by atoms with Gasteiger partial charge in [-0.15, -0.1) is 0 Å². The number of hydrogen-bond acceptors (Lipinski definition) is 5. The van der Waals surface area contributed by atoms with Crippen molar-refractivity contribution < 1.29 is 23.5 Å². The Bertz CT molecular complexity index is 1570. The molecule has 0 saturated carbocycles. The Labute approximate surface area is 244 Å². The predicted octanol–water partition coefficient (Wildman–Crippen LogP) is 5.68. The molecule has 1 saturated heterocycles. The van der Waals surface area contributed by atoms with E-state index in [4.69, 9.17) is 9.47 Å². The molecule has 0 unspecified atom stereocenters. The molecule has 2 aliphatic rings. The third kappa shape index (κ3) is 5.04. The van der Waals surface area contributed by atoms with Gasteiger partial charge < -0.3 is 19.3 Å². The van der Waals surface area contributed by atoms with E-state index in [2.05, 4.69) is 4.90 Å². The van der Waals surface area contributed by atoms with E-state index in [-0.39, 0.29) is 17.6 Å². The first-order valence-electron chi connectivity index (χ1n) is 14.0. The lowest BCUT2D eigenvalue weighted by atomic mass is 9.78. The van der Waals surface area contributed by atoms with E-state index in [1.54, 1.807) is 37.3 Å². The van der Waals surface area contributed by atoms with Crippen molar-refractivity contribution in [3.63, 3.8) is 0 Å². The topological polar surface area (TPSA) is 62.3 Å². The molecular formula is C34H32FN3O4. The Morgan fingerprint density at radius 3 is 1.93 bits per heavy atom. The minimum Gasteiger partial charge on any atom is -0.497 e. The Morgan fingerprint density at radius 1 is 0.738 bits per heavy atom. The summed E-state index contributed by atoms with van der Waals surface area (Å²) in [6.45, 7) is 2.28. The summed E-state index contributed by atoms with van der Waals surface area (Å²) in [6.07, 6.45) is 0. The van der Waals surface area contributed by atoms with Crippen LogP contribution in [-0.4, -0.2) is 57.1 Å². The second-order valence-corrected chi connectivity index (χ2v) is 10.4. The molecule has 8 heteroatoms. The molecule has 4 aromatic rings. The lowest BCUT2D eigenvalue weighted by Gasteiger charge is -2.44. The number of benzene rings is 4.